The fraction of sp³-hybridized carbons (Fsp3) is 0.154. The molecule has 0 fully saturated rings. The molecule has 0 aromatic heterocycles. The number of amidine groups is 1. The summed E-state index contributed by atoms with van der Waals surface area (Å²) in [5.74, 6) is -0.302. The Morgan fingerprint density at radius 1 is 0.925 bits per heavy atom. The van der Waals surface area contributed by atoms with Crippen molar-refractivity contribution < 1.29 is 40.7 Å². The van der Waals surface area contributed by atoms with E-state index in [4.69, 9.17) is 10.6 Å². The smallest absolute Gasteiger partial charge is 0.406 e. The van der Waals surface area contributed by atoms with Gasteiger partial charge in [-0.2, -0.15) is 13.2 Å². The number of rotatable bonds is 8. The molecule has 0 spiro atoms. The quantitative estimate of drug-likeness (QED) is 0.100. The lowest BCUT2D eigenvalue weighted by molar-refractivity contribution is -0.274. The average Bonchev–Trinajstić information content (AvgIpc) is 2.89. The number of nitrogens with two attached hydrogens (primary N) is 1. The van der Waals surface area contributed by atoms with Gasteiger partial charge < -0.3 is 10.5 Å². The first kappa shape index (κ1) is 29.7. The number of carbonyl (C=O) groups excluding carboxylic acids is 1. The first-order valence-electron chi connectivity index (χ1n) is 11.4. The van der Waals surface area contributed by atoms with Gasteiger partial charge in [0.1, 0.15) is 17.9 Å². The van der Waals surface area contributed by atoms with E-state index in [2.05, 4.69) is 19.9 Å². The number of oxime groups is 1. The highest BCUT2D eigenvalue weighted by Gasteiger charge is 2.34. The zero-order valence-electron chi connectivity index (χ0n) is 20.6. The van der Waals surface area contributed by atoms with E-state index in [1.165, 1.54) is 24.3 Å². The molecule has 0 saturated heterocycles. The first-order chi connectivity index (χ1) is 18.9. The predicted molar refractivity (Wildman–Crippen MR) is 137 cm³/mol. The van der Waals surface area contributed by atoms with Crippen molar-refractivity contribution in [3.63, 3.8) is 0 Å². The standard InChI is InChI=1S/C26H21F6N5O3/c1-2-21(37-40-24(38)36-22-6-4-3-5-20(22)25(27,28)29)16-7-9-17(10-8-16)23(33)35-15-34-18-11-13-19(14-12-18)39-26(30,31)32/h3-15H,2H2,1H3,(H,36,38)(H2,33,34,35)/b37-21+. The van der Waals surface area contributed by atoms with E-state index in [1.807, 2.05) is 5.32 Å². The summed E-state index contributed by atoms with van der Waals surface area (Å²) in [6.07, 6.45) is -9.20. The highest BCUT2D eigenvalue weighted by atomic mass is 19.4. The molecule has 3 aromatic rings. The van der Waals surface area contributed by atoms with Crippen LogP contribution in [0.2, 0.25) is 0 Å². The second-order valence-corrected chi connectivity index (χ2v) is 7.82. The molecule has 0 saturated carbocycles. The number of anilines is 1. The lowest BCUT2D eigenvalue weighted by Crippen LogP contribution is -2.17. The van der Waals surface area contributed by atoms with Gasteiger partial charge in [-0.25, -0.2) is 14.8 Å². The molecule has 0 aliphatic heterocycles. The summed E-state index contributed by atoms with van der Waals surface area (Å²) in [7, 11) is 0. The van der Waals surface area contributed by atoms with Crippen LogP contribution in [-0.4, -0.2) is 30.3 Å². The predicted octanol–water partition coefficient (Wildman–Crippen LogP) is 7.03. The summed E-state index contributed by atoms with van der Waals surface area (Å²) in [6, 6.07) is 15.7. The second-order valence-electron chi connectivity index (χ2n) is 7.82. The number of para-hydroxylation sites is 1. The zero-order chi connectivity index (χ0) is 29.3. The van der Waals surface area contributed by atoms with E-state index >= 15 is 0 Å². The normalized spacial score (nSPS) is 12.9. The Kier molecular flexibility index (Phi) is 9.48. The Balaban J connectivity index is 1.62. The van der Waals surface area contributed by atoms with Crippen LogP contribution >= 0.6 is 0 Å². The van der Waals surface area contributed by atoms with Crippen LogP contribution in [0, 0.1) is 0 Å². The number of hydrogen-bond donors (Lipinski definition) is 2. The van der Waals surface area contributed by atoms with Crippen LogP contribution in [0.25, 0.3) is 0 Å². The fourth-order valence-corrected chi connectivity index (χ4v) is 3.19. The maximum atomic E-state index is 13.1. The topological polar surface area (TPSA) is 111 Å². The van der Waals surface area contributed by atoms with Crippen molar-refractivity contribution in [3.8, 4) is 5.75 Å². The molecule has 3 rings (SSSR count). The van der Waals surface area contributed by atoms with Gasteiger partial charge in [0, 0.05) is 5.56 Å². The molecular formula is C26H21F6N5O3. The number of alkyl halides is 6. The van der Waals surface area contributed by atoms with Crippen LogP contribution in [0.1, 0.15) is 30.0 Å². The van der Waals surface area contributed by atoms with Gasteiger partial charge in [0.25, 0.3) is 0 Å². The van der Waals surface area contributed by atoms with Gasteiger partial charge in [-0.15, -0.1) is 13.2 Å². The number of nitrogens with one attached hydrogen (secondary N) is 1. The molecule has 210 valence electrons. The molecule has 0 bridgehead atoms. The molecule has 3 aromatic carbocycles. The Morgan fingerprint density at radius 3 is 2.15 bits per heavy atom. The minimum Gasteiger partial charge on any atom is -0.406 e. The molecule has 0 radical (unpaired) electrons. The number of benzene rings is 3. The van der Waals surface area contributed by atoms with Crippen LogP contribution in [0.3, 0.4) is 0 Å². The number of halogens is 6. The fourth-order valence-electron chi connectivity index (χ4n) is 3.19. The minimum absolute atomic E-state index is 0.0845. The van der Waals surface area contributed by atoms with Crippen molar-refractivity contribution in [1.82, 2.24) is 0 Å². The Morgan fingerprint density at radius 2 is 1.55 bits per heavy atom. The maximum Gasteiger partial charge on any atom is 0.573 e. The van der Waals surface area contributed by atoms with E-state index in [0.29, 0.717) is 28.9 Å². The average molecular weight is 565 g/mol. The van der Waals surface area contributed by atoms with Gasteiger partial charge >= 0.3 is 18.6 Å². The molecule has 0 atom stereocenters. The summed E-state index contributed by atoms with van der Waals surface area (Å²) in [4.78, 5) is 24.8. The van der Waals surface area contributed by atoms with Crippen molar-refractivity contribution in [2.45, 2.75) is 25.9 Å². The van der Waals surface area contributed by atoms with Crippen molar-refractivity contribution in [2.75, 3.05) is 5.32 Å². The van der Waals surface area contributed by atoms with Gasteiger partial charge in [0.15, 0.2) is 0 Å². The number of carbonyl (C=O) groups is 1. The third kappa shape index (κ3) is 8.85. The molecule has 3 N–H and O–H groups in total. The van der Waals surface area contributed by atoms with Crippen molar-refractivity contribution in [2.24, 2.45) is 20.9 Å². The van der Waals surface area contributed by atoms with Crippen LogP contribution in [-0.2, 0) is 11.0 Å². The Labute approximate surface area is 223 Å². The van der Waals surface area contributed by atoms with Gasteiger partial charge in [0.05, 0.1) is 22.6 Å². The largest absolute Gasteiger partial charge is 0.573 e. The first-order valence-corrected chi connectivity index (χ1v) is 11.4. The summed E-state index contributed by atoms with van der Waals surface area (Å²) in [5, 5.41) is 5.78. The van der Waals surface area contributed by atoms with E-state index in [0.717, 1.165) is 30.6 Å². The minimum atomic E-state index is -4.79. The summed E-state index contributed by atoms with van der Waals surface area (Å²) in [5.41, 5.74) is 6.16. The summed E-state index contributed by atoms with van der Waals surface area (Å²) >= 11 is 0. The number of hydrogen-bond acceptors (Lipinski definition) is 5. The zero-order valence-corrected chi connectivity index (χ0v) is 20.6. The van der Waals surface area contributed by atoms with Crippen molar-refractivity contribution in [3.05, 3.63) is 89.5 Å². The SMILES string of the molecule is CC/C(=N\OC(=O)Nc1ccccc1C(F)(F)F)c1ccc(C(N)=NC=Nc2ccc(OC(F)(F)F)cc2)cc1. The second kappa shape index (κ2) is 12.8. The number of amides is 1. The Hall–Kier alpha value is -4.88. The van der Waals surface area contributed by atoms with Gasteiger partial charge in [-0.1, -0.05) is 48.5 Å². The summed E-state index contributed by atoms with van der Waals surface area (Å²) < 4.78 is 79.8. The van der Waals surface area contributed by atoms with Gasteiger partial charge in [-0.05, 0) is 48.4 Å². The van der Waals surface area contributed by atoms with Crippen molar-refractivity contribution >= 4 is 35.4 Å². The van der Waals surface area contributed by atoms with E-state index < -0.39 is 29.9 Å². The van der Waals surface area contributed by atoms with Crippen LogP contribution < -0.4 is 15.8 Å². The molecule has 8 nitrogen and oxygen atoms in total. The Bertz CT molecular complexity index is 1400. The number of aliphatic imine (C=N–C) groups is 2. The van der Waals surface area contributed by atoms with Gasteiger partial charge in [-0.3, -0.25) is 10.2 Å². The van der Waals surface area contributed by atoms with E-state index in [1.54, 1.807) is 31.2 Å². The molecule has 0 aliphatic carbocycles. The third-order valence-corrected chi connectivity index (χ3v) is 5.03. The summed E-state index contributed by atoms with van der Waals surface area (Å²) in [6.45, 7) is 1.74. The highest BCUT2D eigenvalue weighted by molar-refractivity contribution is 6.04. The van der Waals surface area contributed by atoms with E-state index in [-0.39, 0.29) is 11.6 Å². The molecule has 40 heavy (non-hydrogen) atoms. The molecule has 14 heteroatoms. The number of nitrogens with zero attached hydrogens (tertiary/aromatic N) is 3. The molecule has 1 amide bonds. The maximum absolute atomic E-state index is 13.1. The van der Waals surface area contributed by atoms with Crippen LogP contribution in [0.5, 0.6) is 5.75 Å². The number of ether oxygens (including phenoxy) is 1. The lowest BCUT2D eigenvalue weighted by atomic mass is 10.1. The molecular weight excluding hydrogens is 544 g/mol. The third-order valence-electron chi connectivity index (χ3n) is 5.03. The molecule has 0 unspecified atom stereocenters. The molecule has 0 aliphatic rings. The molecule has 0 heterocycles. The van der Waals surface area contributed by atoms with Crippen LogP contribution in [0.15, 0.2) is 87.9 Å². The monoisotopic (exact) mass is 565 g/mol. The van der Waals surface area contributed by atoms with E-state index in [9.17, 15) is 31.1 Å². The highest BCUT2D eigenvalue weighted by Crippen LogP contribution is 2.34. The lowest BCUT2D eigenvalue weighted by Gasteiger charge is -2.12. The van der Waals surface area contributed by atoms with Gasteiger partial charge in [0.2, 0.25) is 0 Å². The van der Waals surface area contributed by atoms with Crippen LogP contribution in [0.4, 0.5) is 42.5 Å². The van der Waals surface area contributed by atoms with Crippen molar-refractivity contribution in [1.29, 1.82) is 0 Å².